The number of hydrogen-bond donors (Lipinski definition) is 1. The Bertz CT molecular complexity index is 737. The van der Waals surface area contributed by atoms with Crippen molar-refractivity contribution in [2.45, 2.75) is 39.8 Å². The summed E-state index contributed by atoms with van der Waals surface area (Å²) in [5, 5.41) is 2.63. The van der Waals surface area contributed by atoms with E-state index in [1.54, 1.807) is 46.0 Å². The second kappa shape index (κ2) is 7.99. The van der Waals surface area contributed by atoms with Crippen LogP contribution in [-0.4, -0.2) is 46.6 Å². The molecule has 1 aliphatic heterocycles. The maximum atomic E-state index is 12.0. The van der Waals surface area contributed by atoms with Gasteiger partial charge in [-0.3, -0.25) is 10.1 Å². The molecule has 0 saturated heterocycles. The number of nitrogens with zero attached hydrogens (tertiary/aromatic N) is 2. The fourth-order valence-corrected chi connectivity index (χ4v) is 2.30. The summed E-state index contributed by atoms with van der Waals surface area (Å²) in [6, 6.07) is 1.39. The summed E-state index contributed by atoms with van der Waals surface area (Å²) in [4.78, 5) is 40.9. The summed E-state index contributed by atoms with van der Waals surface area (Å²) in [6.45, 7) is 7.42. The van der Waals surface area contributed by atoms with Gasteiger partial charge in [-0.05, 0) is 45.4 Å². The Hall–Kier alpha value is -2.90. The number of urea groups is 1. The number of carbonyl (C=O) groups is 3. The van der Waals surface area contributed by atoms with Gasteiger partial charge in [-0.25, -0.2) is 14.6 Å². The standard InChI is InChI=1S/C18H23N3O5/c1-5-25-15(23)11-21-10-13-8-12(9-19-16(13)20-17(21)24)6-7-14(22)26-18(2,3)4/h6-9H,5,10-11H2,1-4H3,(H,19,20,24). The molecule has 0 unspecified atom stereocenters. The molecule has 1 aliphatic rings. The van der Waals surface area contributed by atoms with Crippen LogP contribution in [0.5, 0.6) is 0 Å². The molecular weight excluding hydrogens is 338 g/mol. The number of nitrogens with one attached hydrogen (secondary N) is 1. The van der Waals surface area contributed by atoms with Crippen molar-refractivity contribution in [3.63, 3.8) is 0 Å². The van der Waals surface area contributed by atoms with Crippen molar-refractivity contribution in [1.29, 1.82) is 0 Å². The molecule has 0 saturated carbocycles. The van der Waals surface area contributed by atoms with Gasteiger partial charge in [0.25, 0.3) is 0 Å². The molecule has 0 aromatic carbocycles. The number of fused-ring (bicyclic) bond motifs is 1. The first kappa shape index (κ1) is 19.4. The van der Waals surface area contributed by atoms with Crippen LogP contribution >= 0.6 is 0 Å². The molecule has 1 aromatic rings. The molecule has 0 atom stereocenters. The number of pyridine rings is 1. The van der Waals surface area contributed by atoms with Crippen molar-refractivity contribution < 1.29 is 23.9 Å². The fourth-order valence-electron chi connectivity index (χ4n) is 2.30. The minimum Gasteiger partial charge on any atom is -0.465 e. The maximum Gasteiger partial charge on any atom is 0.331 e. The highest BCUT2D eigenvalue weighted by Crippen LogP contribution is 2.22. The third-order valence-corrected chi connectivity index (χ3v) is 3.31. The van der Waals surface area contributed by atoms with Gasteiger partial charge in [-0.1, -0.05) is 0 Å². The minimum atomic E-state index is -0.562. The van der Waals surface area contributed by atoms with E-state index >= 15 is 0 Å². The summed E-state index contributed by atoms with van der Waals surface area (Å²) in [5.74, 6) is -0.489. The zero-order chi connectivity index (χ0) is 19.3. The van der Waals surface area contributed by atoms with E-state index in [0.29, 0.717) is 11.4 Å². The van der Waals surface area contributed by atoms with E-state index in [0.717, 1.165) is 5.56 Å². The molecule has 1 aromatic heterocycles. The van der Waals surface area contributed by atoms with E-state index in [4.69, 9.17) is 9.47 Å². The lowest BCUT2D eigenvalue weighted by atomic mass is 10.1. The van der Waals surface area contributed by atoms with Crippen LogP contribution in [0.3, 0.4) is 0 Å². The lowest BCUT2D eigenvalue weighted by molar-refractivity contribution is -0.148. The van der Waals surface area contributed by atoms with Crippen LogP contribution < -0.4 is 5.32 Å². The van der Waals surface area contributed by atoms with Crippen molar-refractivity contribution in [3.05, 3.63) is 29.5 Å². The maximum absolute atomic E-state index is 12.0. The molecule has 8 heteroatoms. The number of esters is 2. The molecule has 140 valence electrons. The quantitative estimate of drug-likeness (QED) is 0.638. The van der Waals surface area contributed by atoms with E-state index < -0.39 is 23.6 Å². The van der Waals surface area contributed by atoms with Gasteiger partial charge in [0, 0.05) is 17.8 Å². The molecule has 2 amide bonds. The van der Waals surface area contributed by atoms with Crippen LogP contribution in [0.25, 0.3) is 6.08 Å². The molecule has 0 aliphatic carbocycles. The van der Waals surface area contributed by atoms with Crippen LogP contribution in [0.2, 0.25) is 0 Å². The van der Waals surface area contributed by atoms with Crippen molar-refractivity contribution in [2.75, 3.05) is 18.5 Å². The highest BCUT2D eigenvalue weighted by Gasteiger charge is 2.25. The summed E-state index contributed by atoms with van der Waals surface area (Å²) in [5.41, 5.74) is 0.856. The summed E-state index contributed by atoms with van der Waals surface area (Å²) in [6.07, 6.45) is 4.46. The Labute approximate surface area is 152 Å². The molecule has 2 rings (SSSR count). The molecule has 26 heavy (non-hydrogen) atoms. The summed E-state index contributed by atoms with van der Waals surface area (Å²) in [7, 11) is 0. The van der Waals surface area contributed by atoms with E-state index in [1.165, 1.54) is 11.0 Å². The van der Waals surface area contributed by atoms with E-state index in [1.807, 2.05) is 0 Å². The number of hydrogen-bond acceptors (Lipinski definition) is 6. The normalized spacial score (nSPS) is 14.0. The Balaban J connectivity index is 2.09. The molecule has 0 bridgehead atoms. The largest absolute Gasteiger partial charge is 0.465 e. The smallest absolute Gasteiger partial charge is 0.331 e. The first-order valence-corrected chi connectivity index (χ1v) is 8.29. The predicted molar refractivity (Wildman–Crippen MR) is 95.2 cm³/mol. The number of amides is 2. The van der Waals surface area contributed by atoms with Crippen molar-refractivity contribution >= 4 is 29.9 Å². The van der Waals surface area contributed by atoms with E-state index in [-0.39, 0.29) is 19.7 Å². The van der Waals surface area contributed by atoms with Crippen molar-refractivity contribution in [2.24, 2.45) is 0 Å². The molecule has 0 spiro atoms. The second-order valence-corrected chi connectivity index (χ2v) is 6.73. The van der Waals surface area contributed by atoms with Crippen LogP contribution in [0.1, 0.15) is 38.8 Å². The number of ether oxygens (including phenoxy) is 2. The highest BCUT2D eigenvalue weighted by molar-refractivity contribution is 5.93. The molecule has 0 fully saturated rings. The molecule has 2 heterocycles. The first-order chi connectivity index (χ1) is 12.2. The Morgan fingerprint density at radius 2 is 2.12 bits per heavy atom. The molecule has 8 nitrogen and oxygen atoms in total. The Kier molecular flexibility index (Phi) is 5.97. The lowest BCUT2D eigenvalue weighted by Crippen LogP contribution is -2.42. The molecule has 0 radical (unpaired) electrons. The number of anilines is 1. The average molecular weight is 361 g/mol. The van der Waals surface area contributed by atoms with Crippen LogP contribution in [-0.2, 0) is 25.6 Å². The van der Waals surface area contributed by atoms with Crippen molar-refractivity contribution in [1.82, 2.24) is 9.88 Å². The lowest BCUT2D eigenvalue weighted by Gasteiger charge is -2.27. The average Bonchev–Trinajstić information content (AvgIpc) is 2.52. The van der Waals surface area contributed by atoms with Gasteiger partial charge >= 0.3 is 18.0 Å². The SMILES string of the molecule is CCOC(=O)CN1Cc2cc(C=CC(=O)OC(C)(C)C)cnc2NC1=O. The first-order valence-electron chi connectivity index (χ1n) is 8.29. The summed E-state index contributed by atoms with van der Waals surface area (Å²) >= 11 is 0. The highest BCUT2D eigenvalue weighted by atomic mass is 16.6. The zero-order valence-corrected chi connectivity index (χ0v) is 15.4. The van der Waals surface area contributed by atoms with Gasteiger partial charge < -0.3 is 14.4 Å². The fraction of sp³-hybridized carbons (Fsp3) is 0.444. The Morgan fingerprint density at radius 3 is 2.77 bits per heavy atom. The monoisotopic (exact) mass is 361 g/mol. The molecule has 1 N–H and O–H groups in total. The third-order valence-electron chi connectivity index (χ3n) is 3.31. The zero-order valence-electron chi connectivity index (χ0n) is 15.4. The predicted octanol–water partition coefficient (Wildman–Crippen LogP) is 2.35. The number of rotatable bonds is 5. The van der Waals surface area contributed by atoms with Gasteiger partial charge in [0.05, 0.1) is 13.2 Å². The van der Waals surface area contributed by atoms with Crippen LogP contribution in [0.15, 0.2) is 18.3 Å². The number of carbonyl (C=O) groups excluding carboxylic acids is 3. The Morgan fingerprint density at radius 1 is 1.38 bits per heavy atom. The van der Waals surface area contributed by atoms with Gasteiger partial charge in [-0.15, -0.1) is 0 Å². The topological polar surface area (TPSA) is 97.8 Å². The number of aromatic nitrogens is 1. The van der Waals surface area contributed by atoms with Crippen LogP contribution in [0, 0.1) is 0 Å². The molecular formula is C18H23N3O5. The van der Waals surface area contributed by atoms with Gasteiger partial charge in [0.1, 0.15) is 18.0 Å². The van der Waals surface area contributed by atoms with Gasteiger partial charge in [-0.2, -0.15) is 0 Å². The van der Waals surface area contributed by atoms with Crippen molar-refractivity contribution in [3.8, 4) is 0 Å². The summed E-state index contributed by atoms with van der Waals surface area (Å²) < 4.78 is 10.1. The van der Waals surface area contributed by atoms with Crippen LogP contribution in [0.4, 0.5) is 10.6 Å². The third kappa shape index (κ3) is 5.58. The van der Waals surface area contributed by atoms with E-state index in [2.05, 4.69) is 10.3 Å². The second-order valence-electron chi connectivity index (χ2n) is 6.73. The van der Waals surface area contributed by atoms with E-state index in [9.17, 15) is 14.4 Å². The minimum absolute atomic E-state index is 0.142. The van der Waals surface area contributed by atoms with Gasteiger partial charge in [0.2, 0.25) is 0 Å². The van der Waals surface area contributed by atoms with Gasteiger partial charge in [0.15, 0.2) is 0 Å².